The van der Waals surface area contributed by atoms with Gasteiger partial charge in [0.15, 0.2) is 0 Å². The molecule has 29 heavy (non-hydrogen) atoms. The number of amides is 1. The van der Waals surface area contributed by atoms with Crippen molar-refractivity contribution in [3.63, 3.8) is 0 Å². The number of carbonyl (C=O) groups is 1. The van der Waals surface area contributed by atoms with Crippen LogP contribution < -0.4 is 5.32 Å². The van der Waals surface area contributed by atoms with Gasteiger partial charge in [-0.05, 0) is 73.9 Å². The first kappa shape index (κ1) is 21.1. The first-order chi connectivity index (χ1) is 13.8. The van der Waals surface area contributed by atoms with E-state index in [1.54, 1.807) is 12.1 Å². The zero-order valence-corrected chi connectivity index (χ0v) is 17.8. The fourth-order valence-electron chi connectivity index (χ4n) is 4.03. The lowest BCUT2D eigenvalue weighted by molar-refractivity contribution is 0.0945. The summed E-state index contributed by atoms with van der Waals surface area (Å²) in [5.41, 5.74) is 5.48. The Morgan fingerprint density at radius 1 is 1.31 bits per heavy atom. The van der Waals surface area contributed by atoms with Crippen molar-refractivity contribution in [2.75, 3.05) is 13.2 Å². The highest BCUT2D eigenvalue weighted by Gasteiger charge is 2.26. The van der Waals surface area contributed by atoms with Crippen molar-refractivity contribution in [3.8, 4) is 0 Å². The molecule has 0 spiro atoms. The molecule has 0 fully saturated rings. The molecule has 1 heterocycles. The van der Waals surface area contributed by atoms with Gasteiger partial charge in [-0.2, -0.15) is 0 Å². The molecule has 154 valence electrons. The van der Waals surface area contributed by atoms with Gasteiger partial charge < -0.3 is 14.8 Å². The molecule has 2 N–H and O–H groups in total. The molecule has 1 amide bonds. The monoisotopic (exact) mass is 393 g/mol. The number of fused-ring (bicyclic) bond motifs is 1. The van der Waals surface area contributed by atoms with Crippen LogP contribution in [-0.2, 0) is 0 Å². The van der Waals surface area contributed by atoms with Crippen molar-refractivity contribution >= 4 is 23.0 Å². The van der Waals surface area contributed by atoms with Gasteiger partial charge in [-0.25, -0.2) is 0 Å². The number of benzene rings is 1. The number of aliphatic hydroxyl groups is 1. The standard InChI is InChI=1S/C25H31NO3/c1-17(7-10-22-18(2)6-5-11-25(22,3)4)14-21-15-19-8-9-20(16-23(19)29-21)24(28)26-12-13-27/h7-10,14-16,27H,5-6,11-13H2,1-4H3,(H,26,28)/b10-7+,17-14+. The van der Waals surface area contributed by atoms with Crippen LogP contribution in [-0.4, -0.2) is 24.2 Å². The van der Waals surface area contributed by atoms with Crippen molar-refractivity contribution in [1.29, 1.82) is 0 Å². The summed E-state index contributed by atoms with van der Waals surface area (Å²) >= 11 is 0. The molecule has 0 bridgehead atoms. The lowest BCUT2D eigenvalue weighted by Gasteiger charge is -2.32. The van der Waals surface area contributed by atoms with Crippen LogP contribution in [0.15, 0.2) is 57.6 Å². The van der Waals surface area contributed by atoms with Gasteiger partial charge in [0.25, 0.3) is 5.91 Å². The van der Waals surface area contributed by atoms with Gasteiger partial charge in [0, 0.05) is 17.5 Å². The van der Waals surface area contributed by atoms with Crippen molar-refractivity contribution in [1.82, 2.24) is 5.32 Å². The van der Waals surface area contributed by atoms with E-state index in [0.717, 1.165) is 16.7 Å². The van der Waals surface area contributed by atoms with E-state index in [1.165, 1.54) is 30.4 Å². The van der Waals surface area contributed by atoms with Crippen molar-refractivity contribution in [2.24, 2.45) is 5.41 Å². The number of rotatable bonds is 6. The van der Waals surface area contributed by atoms with Gasteiger partial charge in [-0.15, -0.1) is 0 Å². The predicted molar refractivity (Wildman–Crippen MR) is 119 cm³/mol. The molecule has 1 aromatic heterocycles. The normalized spacial score (nSPS) is 17.3. The number of allylic oxidation sites excluding steroid dienone is 5. The summed E-state index contributed by atoms with van der Waals surface area (Å²) in [5.74, 6) is 0.552. The van der Waals surface area contributed by atoms with Crippen LogP contribution in [0.5, 0.6) is 0 Å². The Bertz CT molecular complexity index is 989. The Labute approximate surface area is 173 Å². The molecular formula is C25H31NO3. The largest absolute Gasteiger partial charge is 0.457 e. The van der Waals surface area contributed by atoms with Crippen molar-refractivity contribution in [2.45, 2.75) is 47.0 Å². The number of hydrogen-bond acceptors (Lipinski definition) is 3. The maximum atomic E-state index is 12.1. The van der Waals surface area contributed by atoms with Gasteiger partial charge in [0.1, 0.15) is 11.3 Å². The van der Waals surface area contributed by atoms with Crippen LogP contribution in [0.1, 0.15) is 63.1 Å². The van der Waals surface area contributed by atoms with Crippen LogP contribution in [0.2, 0.25) is 0 Å². The summed E-state index contributed by atoms with van der Waals surface area (Å²) in [5, 5.41) is 12.5. The van der Waals surface area contributed by atoms with E-state index >= 15 is 0 Å². The molecule has 0 aliphatic heterocycles. The Kier molecular flexibility index (Phi) is 6.43. The molecule has 2 aromatic rings. The van der Waals surface area contributed by atoms with Crippen LogP contribution in [0.3, 0.4) is 0 Å². The highest BCUT2D eigenvalue weighted by Crippen LogP contribution is 2.40. The second kappa shape index (κ2) is 8.83. The molecule has 1 aliphatic rings. The smallest absolute Gasteiger partial charge is 0.251 e. The quantitative estimate of drug-likeness (QED) is 0.624. The average molecular weight is 394 g/mol. The highest BCUT2D eigenvalue weighted by atomic mass is 16.3. The van der Waals surface area contributed by atoms with Gasteiger partial charge in [0.05, 0.1) is 6.61 Å². The summed E-state index contributed by atoms with van der Waals surface area (Å²) in [6.07, 6.45) is 10.1. The molecule has 4 heteroatoms. The molecule has 0 atom stereocenters. The second-order valence-electron chi connectivity index (χ2n) is 8.53. The first-order valence-electron chi connectivity index (χ1n) is 10.3. The summed E-state index contributed by atoms with van der Waals surface area (Å²) < 4.78 is 5.94. The number of hydrogen-bond donors (Lipinski definition) is 2. The molecule has 4 nitrogen and oxygen atoms in total. The van der Waals surface area contributed by atoms with Crippen LogP contribution in [0.4, 0.5) is 0 Å². The molecule has 0 radical (unpaired) electrons. The average Bonchev–Trinajstić information content (AvgIpc) is 3.06. The van der Waals surface area contributed by atoms with Crippen molar-refractivity contribution < 1.29 is 14.3 Å². The first-order valence-corrected chi connectivity index (χ1v) is 10.3. The molecule has 1 aromatic carbocycles. The second-order valence-corrected chi connectivity index (χ2v) is 8.53. The van der Waals surface area contributed by atoms with E-state index in [9.17, 15) is 4.79 Å². The van der Waals surface area contributed by atoms with E-state index in [0.29, 0.717) is 11.1 Å². The molecule has 0 saturated carbocycles. The Morgan fingerprint density at radius 3 is 2.83 bits per heavy atom. The maximum absolute atomic E-state index is 12.1. The van der Waals surface area contributed by atoms with Crippen LogP contribution in [0.25, 0.3) is 17.0 Å². The molecule has 3 rings (SSSR count). The van der Waals surface area contributed by atoms with E-state index in [-0.39, 0.29) is 24.5 Å². The molecule has 0 saturated heterocycles. The van der Waals surface area contributed by atoms with E-state index in [4.69, 9.17) is 9.52 Å². The summed E-state index contributed by atoms with van der Waals surface area (Å²) in [6.45, 7) is 9.12. The van der Waals surface area contributed by atoms with E-state index in [1.807, 2.05) is 18.2 Å². The van der Waals surface area contributed by atoms with Crippen LogP contribution >= 0.6 is 0 Å². The van der Waals surface area contributed by atoms with Gasteiger partial charge >= 0.3 is 0 Å². The summed E-state index contributed by atoms with van der Waals surface area (Å²) in [7, 11) is 0. The minimum Gasteiger partial charge on any atom is -0.457 e. The lowest BCUT2D eigenvalue weighted by atomic mass is 9.72. The van der Waals surface area contributed by atoms with Gasteiger partial charge in [-0.1, -0.05) is 37.6 Å². The zero-order chi connectivity index (χ0) is 21.0. The third-order valence-electron chi connectivity index (χ3n) is 5.62. The minimum absolute atomic E-state index is 0.0793. The Morgan fingerprint density at radius 2 is 2.10 bits per heavy atom. The molecule has 0 unspecified atom stereocenters. The third kappa shape index (κ3) is 5.07. The minimum atomic E-state index is -0.215. The number of nitrogens with one attached hydrogen (secondary N) is 1. The lowest BCUT2D eigenvalue weighted by Crippen LogP contribution is -2.26. The van der Waals surface area contributed by atoms with Gasteiger partial charge in [-0.3, -0.25) is 4.79 Å². The topological polar surface area (TPSA) is 62.5 Å². The third-order valence-corrected chi connectivity index (χ3v) is 5.62. The van der Waals surface area contributed by atoms with Gasteiger partial charge in [0.2, 0.25) is 0 Å². The number of aliphatic hydroxyl groups excluding tert-OH is 1. The zero-order valence-electron chi connectivity index (χ0n) is 17.8. The van der Waals surface area contributed by atoms with E-state index < -0.39 is 0 Å². The SMILES string of the molecule is CC1=C(/C=C/C(C)=C/c2cc3ccc(C(=O)NCCO)cc3o2)C(C)(C)CCC1. The van der Waals surface area contributed by atoms with Crippen molar-refractivity contribution in [3.05, 3.63) is 64.5 Å². The van der Waals surface area contributed by atoms with Crippen LogP contribution in [0, 0.1) is 5.41 Å². The Balaban J connectivity index is 1.79. The maximum Gasteiger partial charge on any atom is 0.251 e. The summed E-state index contributed by atoms with van der Waals surface area (Å²) in [6, 6.07) is 7.37. The fourth-order valence-corrected chi connectivity index (χ4v) is 4.03. The summed E-state index contributed by atoms with van der Waals surface area (Å²) in [4.78, 5) is 12.1. The predicted octanol–water partition coefficient (Wildman–Crippen LogP) is 5.64. The highest BCUT2D eigenvalue weighted by molar-refractivity contribution is 5.97. The fraction of sp³-hybridized carbons (Fsp3) is 0.400. The molecular weight excluding hydrogens is 362 g/mol. The number of furan rings is 1. The van der Waals surface area contributed by atoms with E-state index in [2.05, 4.69) is 45.2 Å². The molecule has 1 aliphatic carbocycles. The Hall–Kier alpha value is -2.59. The number of carbonyl (C=O) groups excluding carboxylic acids is 1.